The molecule has 0 aliphatic carbocycles. The molecule has 8 heteroatoms. The van der Waals surface area contributed by atoms with Gasteiger partial charge in [-0.25, -0.2) is 13.2 Å². The van der Waals surface area contributed by atoms with Crippen molar-refractivity contribution in [2.45, 2.75) is 65.0 Å². The van der Waals surface area contributed by atoms with Crippen LogP contribution in [0.25, 0.3) is 0 Å². The van der Waals surface area contributed by atoms with Gasteiger partial charge in [0.2, 0.25) is 10.0 Å². The number of ether oxygens (including phenoxy) is 1. The number of sulfonamides is 1. The van der Waals surface area contributed by atoms with Gasteiger partial charge in [0.15, 0.2) is 0 Å². The van der Waals surface area contributed by atoms with Gasteiger partial charge < -0.3 is 4.74 Å². The lowest BCUT2D eigenvalue weighted by atomic mass is 9.95. The first-order chi connectivity index (χ1) is 15.0. The topological polar surface area (TPSA) is 66.9 Å². The lowest BCUT2D eigenvalue weighted by molar-refractivity contribution is 0.136. The van der Waals surface area contributed by atoms with Gasteiger partial charge in [0.25, 0.3) is 0 Å². The number of carbonyl (C=O) groups excluding carboxylic acids is 1. The minimum atomic E-state index is -3.64. The number of nitrogens with zero attached hydrogens (tertiary/aromatic N) is 2. The van der Waals surface area contributed by atoms with Crippen molar-refractivity contribution in [3.8, 4) is 0 Å². The summed E-state index contributed by atoms with van der Waals surface area (Å²) < 4.78 is 34.2. The van der Waals surface area contributed by atoms with Crippen LogP contribution in [0.2, 0.25) is 5.02 Å². The fraction of sp³-hybridized carbons (Fsp3) is 0.458. The van der Waals surface area contributed by atoms with Crippen LogP contribution in [0.4, 0.5) is 10.5 Å². The predicted molar refractivity (Wildman–Crippen MR) is 126 cm³/mol. The zero-order valence-electron chi connectivity index (χ0n) is 19.2. The zero-order chi connectivity index (χ0) is 23.4. The van der Waals surface area contributed by atoms with Crippen molar-refractivity contribution in [1.82, 2.24) is 4.31 Å². The zero-order valence-corrected chi connectivity index (χ0v) is 20.7. The second kappa shape index (κ2) is 8.36. The largest absolute Gasteiger partial charge is 0.444 e. The number of hydrogen-bond acceptors (Lipinski definition) is 4. The van der Waals surface area contributed by atoms with Gasteiger partial charge in [-0.2, -0.15) is 4.31 Å². The number of benzene rings is 2. The van der Waals surface area contributed by atoms with E-state index in [1.165, 1.54) is 0 Å². The van der Waals surface area contributed by atoms with Gasteiger partial charge >= 0.3 is 6.09 Å². The number of hydrogen-bond donors (Lipinski definition) is 0. The first kappa shape index (κ1) is 23.1. The highest BCUT2D eigenvalue weighted by atomic mass is 35.5. The van der Waals surface area contributed by atoms with Crippen LogP contribution < -0.4 is 4.90 Å². The van der Waals surface area contributed by atoms with E-state index in [1.54, 1.807) is 15.3 Å². The van der Waals surface area contributed by atoms with Crippen LogP contribution in [0.5, 0.6) is 0 Å². The van der Waals surface area contributed by atoms with Crippen molar-refractivity contribution in [3.63, 3.8) is 0 Å². The number of halogens is 1. The van der Waals surface area contributed by atoms with E-state index in [2.05, 4.69) is 0 Å². The fourth-order valence-corrected chi connectivity index (χ4v) is 7.10. The Labute approximate surface area is 195 Å². The van der Waals surface area contributed by atoms with Crippen molar-refractivity contribution in [2.75, 3.05) is 18.0 Å². The number of rotatable bonds is 3. The summed E-state index contributed by atoms with van der Waals surface area (Å²) >= 11 is 6.10. The highest BCUT2D eigenvalue weighted by Crippen LogP contribution is 2.36. The van der Waals surface area contributed by atoms with Crippen LogP contribution in [-0.4, -0.2) is 37.9 Å². The maximum Gasteiger partial charge on any atom is 0.414 e. The molecule has 1 amide bonds. The Kier molecular flexibility index (Phi) is 6.03. The molecule has 0 N–H and O–H groups in total. The number of amides is 1. The molecule has 2 aromatic carbocycles. The third kappa shape index (κ3) is 3.70. The summed E-state index contributed by atoms with van der Waals surface area (Å²) in [5.41, 5.74) is 6.48. The Morgan fingerprint density at radius 2 is 1.50 bits per heavy atom. The number of anilines is 1. The molecule has 4 rings (SSSR count). The van der Waals surface area contributed by atoms with E-state index in [0.29, 0.717) is 35.8 Å². The van der Waals surface area contributed by atoms with Crippen LogP contribution in [0.1, 0.15) is 46.2 Å². The molecule has 0 spiro atoms. The third-order valence-electron chi connectivity index (χ3n) is 7.17. The lowest BCUT2D eigenvalue weighted by Gasteiger charge is -2.40. The third-order valence-corrected chi connectivity index (χ3v) is 9.57. The van der Waals surface area contributed by atoms with Crippen LogP contribution >= 0.6 is 11.6 Å². The van der Waals surface area contributed by atoms with Gasteiger partial charge in [0.1, 0.15) is 6.61 Å². The fourth-order valence-electron chi connectivity index (χ4n) is 4.88. The van der Waals surface area contributed by atoms with Crippen LogP contribution in [-0.2, 0) is 21.4 Å². The molecule has 1 fully saturated rings. The molecule has 0 unspecified atom stereocenters. The summed E-state index contributed by atoms with van der Waals surface area (Å²) in [5.74, 6) is 0. The normalized spacial score (nSPS) is 17.9. The monoisotopic (exact) mass is 476 g/mol. The Morgan fingerprint density at radius 3 is 2.09 bits per heavy atom. The highest BCUT2D eigenvalue weighted by Gasteiger charge is 2.38. The van der Waals surface area contributed by atoms with E-state index < -0.39 is 16.1 Å². The predicted octanol–water partition coefficient (Wildman–Crippen LogP) is 5.19. The van der Waals surface area contributed by atoms with Gasteiger partial charge in [-0.15, -0.1) is 0 Å². The molecular weight excluding hydrogens is 448 g/mol. The van der Waals surface area contributed by atoms with Crippen LogP contribution in [0.3, 0.4) is 0 Å². The molecule has 2 aliphatic rings. The molecule has 6 nitrogen and oxygen atoms in total. The molecule has 0 saturated carbocycles. The number of fused-ring (bicyclic) bond motifs is 1. The molecule has 2 aliphatic heterocycles. The second-order valence-electron chi connectivity index (χ2n) is 8.79. The highest BCUT2D eigenvalue weighted by molar-refractivity contribution is 7.89. The lowest BCUT2D eigenvalue weighted by Crippen LogP contribution is -2.50. The second-order valence-corrected chi connectivity index (χ2v) is 11.1. The van der Waals surface area contributed by atoms with E-state index in [9.17, 15) is 13.2 Å². The molecule has 0 atom stereocenters. The Bertz CT molecular complexity index is 1170. The molecule has 2 heterocycles. The van der Waals surface area contributed by atoms with Crippen molar-refractivity contribution in [3.05, 3.63) is 56.6 Å². The molecule has 2 aromatic rings. The van der Waals surface area contributed by atoms with E-state index in [-0.39, 0.29) is 12.6 Å². The summed E-state index contributed by atoms with van der Waals surface area (Å²) in [5, 5.41) is 0.594. The first-order valence-electron chi connectivity index (χ1n) is 10.9. The molecule has 172 valence electrons. The molecular formula is C24H29ClN2O4S. The van der Waals surface area contributed by atoms with E-state index in [0.717, 1.165) is 39.1 Å². The van der Waals surface area contributed by atoms with Crippen molar-refractivity contribution >= 4 is 33.4 Å². The van der Waals surface area contributed by atoms with E-state index in [1.807, 2.05) is 46.8 Å². The molecule has 0 aromatic heterocycles. The standard InChI is InChI=1S/C24H29ClN2O4S/c1-14-15(2)17(4)23(18(5)16(14)3)32(29,30)26-10-8-21(9-11-26)27-22-7-6-20(25)12-19(22)13-31-24(27)28/h6-7,12,21H,8-11,13H2,1-5H3. The molecule has 0 bridgehead atoms. The van der Waals surface area contributed by atoms with Gasteiger partial charge in [-0.3, -0.25) is 4.90 Å². The maximum atomic E-state index is 13.6. The van der Waals surface area contributed by atoms with Crippen molar-refractivity contribution < 1.29 is 17.9 Å². The smallest absolute Gasteiger partial charge is 0.414 e. The van der Waals surface area contributed by atoms with Crippen molar-refractivity contribution in [2.24, 2.45) is 0 Å². The minimum Gasteiger partial charge on any atom is -0.444 e. The molecule has 32 heavy (non-hydrogen) atoms. The molecule has 0 radical (unpaired) electrons. The number of carbonyl (C=O) groups is 1. The van der Waals surface area contributed by atoms with Gasteiger partial charge in [-0.1, -0.05) is 11.6 Å². The summed E-state index contributed by atoms with van der Waals surface area (Å²) in [6, 6.07) is 5.28. The molecule has 1 saturated heterocycles. The first-order valence-corrected chi connectivity index (χ1v) is 12.7. The van der Waals surface area contributed by atoms with E-state index >= 15 is 0 Å². The summed E-state index contributed by atoms with van der Waals surface area (Å²) in [7, 11) is -3.64. The maximum absolute atomic E-state index is 13.6. The average Bonchev–Trinajstić information content (AvgIpc) is 2.76. The van der Waals surface area contributed by atoms with Gasteiger partial charge in [-0.05, 0) is 93.5 Å². The van der Waals surface area contributed by atoms with Gasteiger partial charge in [0, 0.05) is 29.7 Å². The number of piperidine rings is 1. The van der Waals surface area contributed by atoms with Gasteiger partial charge in [0.05, 0.1) is 10.6 Å². The average molecular weight is 477 g/mol. The van der Waals surface area contributed by atoms with Crippen LogP contribution in [0, 0.1) is 34.6 Å². The summed E-state index contributed by atoms with van der Waals surface area (Å²) in [6.07, 6.45) is 0.689. The van der Waals surface area contributed by atoms with Crippen LogP contribution in [0.15, 0.2) is 23.1 Å². The quantitative estimate of drug-likeness (QED) is 0.611. The SMILES string of the molecule is Cc1c(C)c(C)c(S(=O)(=O)N2CCC(N3C(=O)OCc4cc(Cl)ccc43)CC2)c(C)c1C. The van der Waals surface area contributed by atoms with Crippen molar-refractivity contribution in [1.29, 1.82) is 0 Å². The number of cyclic esters (lactones) is 1. The Morgan fingerprint density at radius 1 is 0.938 bits per heavy atom. The minimum absolute atomic E-state index is 0.127. The van der Waals surface area contributed by atoms with E-state index in [4.69, 9.17) is 16.3 Å². The Balaban J connectivity index is 1.60. The summed E-state index contributed by atoms with van der Waals surface area (Å²) in [4.78, 5) is 14.7. The summed E-state index contributed by atoms with van der Waals surface area (Å²) in [6.45, 7) is 10.7. The Hall–Kier alpha value is -2.09.